The number of thioether (sulfide) groups is 1. The Morgan fingerprint density at radius 2 is 2.03 bits per heavy atom. The third kappa shape index (κ3) is 4.28. The van der Waals surface area contributed by atoms with Gasteiger partial charge in [-0.1, -0.05) is 31.2 Å². The van der Waals surface area contributed by atoms with Crippen molar-refractivity contribution in [3.05, 3.63) is 81.3 Å². The van der Waals surface area contributed by atoms with E-state index in [2.05, 4.69) is 0 Å². The molecule has 0 bridgehead atoms. The number of morpholine rings is 1. The van der Waals surface area contributed by atoms with Crippen LogP contribution in [0.2, 0.25) is 0 Å². The molecule has 3 aliphatic heterocycles. The van der Waals surface area contributed by atoms with Gasteiger partial charge in [0.05, 0.1) is 19.3 Å². The summed E-state index contributed by atoms with van der Waals surface area (Å²) in [5, 5.41) is 1.86. The molecule has 11 heteroatoms. The van der Waals surface area contributed by atoms with E-state index in [1.54, 1.807) is 11.0 Å². The van der Waals surface area contributed by atoms with Gasteiger partial charge < -0.3 is 14.4 Å². The molecular formula is C28H27F2N3O5S. The third-order valence-electron chi connectivity index (χ3n) is 7.42. The summed E-state index contributed by atoms with van der Waals surface area (Å²) in [7, 11) is 0. The lowest BCUT2D eigenvalue weighted by Crippen LogP contribution is -2.66. The van der Waals surface area contributed by atoms with Gasteiger partial charge in [0.15, 0.2) is 18.0 Å². The number of halogens is 2. The van der Waals surface area contributed by atoms with Crippen molar-refractivity contribution >= 4 is 23.6 Å². The van der Waals surface area contributed by atoms with E-state index in [0.717, 1.165) is 10.5 Å². The minimum absolute atomic E-state index is 0.0819. The van der Waals surface area contributed by atoms with E-state index in [9.17, 15) is 18.8 Å². The van der Waals surface area contributed by atoms with E-state index in [-0.39, 0.29) is 36.8 Å². The first-order valence-corrected chi connectivity index (χ1v) is 13.9. The van der Waals surface area contributed by atoms with Crippen molar-refractivity contribution in [2.75, 3.05) is 30.5 Å². The molecule has 1 aromatic carbocycles. The van der Waals surface area contributed by atoms with Crippen LogP contribution in [-0.2, 0) is 9.53 Å². The summed E-state index contributed by atoms with van der Waals surface area (Å²) < 4.78 is 42.7. The smallest absolute Gasteiger partial charge is 0.311 e. The fourth-order valence-electron chi connectivity index (χ4n) is 5.61. The molecule has 8 nitrogen and oxygen atoms in total. The summed E-state index contributed by atoms with van der Waals surface area (Å²) >= 11 is 1.43. The zero-order valence-electron chi connectivity index (χ0n) is 21.2. The van der Waals surface area contributed by atoms with Crippen molar-refractivity contribution in [3.8, 4) is 5.75 Å². The molecule has 1 amide bonds. The molecule has 4 atom stereocenters. The number of carbonyl (C=O) groups is 2. The number of rotatable bonds is 4. The van der Waals surface area contributed by atoms with Gasteiger partial charge in [0, 0.05) is 35.9 Å². The molecule has 0 saturated carbocycles. The van der Waals surface area contributed by atoms with Crippen LogP contribution in [0.3, 0.4) is 0 Å². The molecular weight excluding hydrogens is 528 g/mol. The molecule has 0 radical (unpaired) electrons. The lowest BCUT2D eigenvalue weighted by Gasteiger charge is -2.51. The molecule has 4 heterocycles. The molecule has 2 aromatic rings. The number of esters is 1. The predicted molar refractivity (Wildman–Crippen MR) is 141 cm³/mol. The highest BCUT2D eigenvalue weighted by Gasteiger charge is 2.47. The normalized spacial score (nSPS) is 25.9. The van der Waals surface area contributed by atoms with Crippen molar-refractivity contribution < 1.29 is 27.8 Å². The van der Waals surface area contributed by atoms with Crippen molar-refractivity contribution in [1.82, 2.24) is 9.58 Å². The van der Waals surface area contributed by atoms with Gasteiger partial charge in [0.25, 0.3) is 5.91 Å². The van der Waals surface area contributed by atoms with E-state index < -0.39 is 41.9 Å². The SMILES string of the molecule is CCCC(=O)Oc1c2n(ccc1=O)N([C@H]1C3=C(CSc4ccccc41)C(F)C(F)C=C3)[C@@H]1COCCN1C2=O. The molecule has 1 saturated heterocycles. The fraction of sp³-hybridized carbons (Fsp3) is 0.393. The van der Waals surface area contributed by atoms with Crippen LogP contribution in [0.25, 0.3) is 0 Å². The highest BCUT2D eigenvalue weighted by molar-refractivity contribution is 7.99. The minimum atomic E-state index is -1.81. The zero-order chi connectivity index (χ0) is 27.3. The van der Waals surface area contributed by atoms with Gasteiger partial charge >= 0.3 is 5.97 Å². The Bertz CT molecular complexity index is 1460. The summed E-state index contributed by atoms with van der Waals surface area (Å²) in [4.78, 5) is 41.7. The number of aromatic nitrogens is 1. The van der Waals surface area contributed by atoms with Crippen LogP contribution in [0.5, 0.6) is 5.75 Å². The van der Waals surface area contributed by atoms with Crippen LogP contribution in [-0.4, -0.2) is 65.5 Å². The molecule has 204 valence electrons. The molecule has 0 spiro atoms. The molecule has 1 aromatic heterocycles. The number of amides is 1. The van der Waals surface area contributed by atoms with Gasteiger partial charge in [-0.2, -0.15) is 0 Å². The number of pyridine rings is 1. The lowest BCUT2D eigenvalue weighted by atomic mass is 9.87. The number of hydrogen-bond acceptors (Lipinski definition) is 7. The minimum Gasteiger partial charge on any atom is -0.420 e. The molecule has 2 unspecified atom stereocenters. The van der Waals surface area contributed by atoms with Crippen molar-refractivity contribution in [3.63, 3.8) is 0 Å². The Labute approximate surface area is 227 Å². The zero-order valence-corrected chi connectivity index (χ0v) is 22.0. The number of hydrogen-bond donors (Lipinski definition) is 0. The average molecular weight is 556 g/mol. The predicted octanol–water partition coefficient (Wildman–Crippen LogP) is 3.69. The average Bonchev–Trinajstić information content (AvgIpc) is 3.10. The maximum absolute atomic E-state index is 15.4. The Balaban J connectivity index is 1.61. The quantitative estimate of drug-likeness (QED) is 0.533. The van der Waals surface area contributed by atoms with Gasteiger partial charge in [0.2, 0.25) is 11.2 Å². The Morgan fingerprint density at radius 1 is 1.21 bits per heavy atom. The van der Waals surface area contributed by atoms with E-state index in [4.69, 9.17) is 9.47 Å². The van der Waals surface area contributed by atoms with Crippen molar-refractivity contribution in [2.45, 2.75) is 49.2 Å². The van der Waals surface area contributed by atoms with Crippen LogP contribution >= 0.6 is 11.8 Å². The standard InChI is InChI=1S/C28H27F2N3O5S/c1-2-5-23(35)38-27-20(34)10-11-32-26(27)28(36)31-12-13-37-14-22(31)33(32)25-16-8-9-19(29)24(30)18(16)15-39-21-7-4-3-6-17(21)25/h3-4,6-11,19,22,24-25H,2,5,12-15H2,1H3/t19?,22-,24?,25+/m1/s1. The topological polar surface area (TPSA) is 81.1 Å². The summed E-state index contributed by atoms with van der Waals surface area (Å²) in [5.41, 5.74) is 1.10. The van der Waals surface area contributed by atoms with E-state index in [1.165, 1.54) is 34.8 Å². The van der Waals surface area contributed by atoms with Crippen LogP contribution in [0, 0.1) is 0 Å². The number of nitrogens with zero attached hydrogens (tertiary/aromatic N) is 3. The first-order valence-electron chi connectivity index (χ1n) is 12.9. The Kier molecular flexibility index (Phi) is 6.80. The molecule has 6 rings (SSSR count). The molecule has 39 heavy (non-hydrogen) atoms. The largest absolute Gasteiger partial charge is 0.420 e. The van der Waals surface area contributed by atoms with Crippen molar-refractivity contribution in [2.24, 2.45) is 0 Å². The number of allylic oxidation sites excluding steroid dienone is 1. The van der Waals surface area contributed by atoms with Gasteiger partial charge in [-0.15, -0.1) is 11.8 Å². The van der Waals surface area contributed by atoms with E-state index >= 15 is 4.39 Å². The summed E-state index contributed by atoms with van der Waals surface area (Å²) in [6.45, 7) is 2.50. The lowest BCUT2D eigenvalue weighted by molar-refractivity contribution is -0.134. The second-order valence-electron chi connectivity index (χ2n) is 9.78. The highest BCUT2D eigenvalue weighted by atomic mass is 32.2. The van der Waals surface area contributed by atoms with Crippen LogP contribution in [0.4, 0.5) is 8.78 Å². The van der Waals surface area contributed by atoms with Gasteiger partial charge in [-0.25, -0.2) is 8.78 Å². The molecule has 1 fully saturated rings. The second kappa shape index (κ2) is 10.3. The Morgan fingerprint density at radius 3 is 2.85 bits per heavy atom. The first kappa shape index (κ1) is 25.8. The monoisotopic (exact) mass is 555 g/mol. The summed E-state index contributed by atoms with van der Waals surface area (Å²) in [6, 6.07) is 8.22. The molecule has 0 N–H and O–H groups in total. The number of carbonyl (C=O) groups excluding carboxylic acids is 2. The Hall–Kier alpha value is -3.44. The van der Waals surface area contributed by atoms with Crippen LogP contribution in [0.1, 0.15) is 41.9 Å². The molecule has 1 aliphatic carbocycles. The van der Waals surface area contributed by atoms with Gasteiger partial charge in [-0.05, 0) is 35.3 Å². The maximum atomic E-state index is 15.4. The highest BCUT2D eigenvalue weighted by Crippen LogP contribution is 2.46. The van der Waals surface area contributed by atoms with E-state index in [1.807, 2.05) is 36.2 Å². The molecule has 4 aliphatic rings. The number of alkyl halides is 2. The maximum Gasteiger partial charge on any atom is 0.311 e. The van der Waals surface area contributed by atoms with Crippen molar-refractivity contribution in [1.29, 1.82) is 0 Å². The summed E-state index contributed by atoms with van der Waals surface area (Å²) in [6.07, 6.45) is 0.738. The van der Waals surface area contributed by atoms with Gasteiger partial charge in [-0.3, -0.25) is 24.1 Å². The van der Waals surface area contributed by atoms with Crippen LogP contribution in [0.15, 0.2) is 69.5 Å². The fourth-order valence-corrected chi connectivity index (χ4v) is 6.77. The number of fused-ring (bicyclic) bond motifs is 3. The number of ether oxygens (including phenoxy) is 2. The van der Waals surface area contributed by atoms with Gasteiger partial charge in [0.1, 0.15) is 6.17 Å². The first-order chi connectivity index (χ1) is 18.9. The second-order valence-corrected chi connectivity index (χ2v) is 10.8. The summed E-state index contributed by atoms with van der Waals surface area (Å²) in [5.74, 6) is -1.15. The van der Waals surface area contributed by atoms with E-state index in [0.29, 0.717) is 24.2 Å². The van der Waals surface area contributed by atoms with Crippen LogP contribution < -0.4 is 15.2 Å². The third-order valence-corrected chi connectivity index (χ3v) is 8.56. The number of benzene rings is 1.